The zero-order valence-corrected chi connectivity index (χ0v) is 9.78. The first kappa shape index (κ1) is 11.6. The predicted octanol–water partition coefficient (Wildman–Crippen LogP) is 4.55. The van der Waals surface area contributed by atoms with Crippen LogP contribution in [0, 0.1) is 6.07 Å². The Bertz CT molecular complexity index is 218. The second kappa shape index (κ2) is 7.93. The first-order valence-corrected chi connectivity index (χ1v) is 6.51. The number of benzene rings is 1. The standard InChI is InChI=1S/C13H19S/c1-2-3-4-5-9-12-14-13-10-7-6-8-11-13/h6-8,10H,2-5,9,12H2,1H3. The van der Waals surface area contributed by atoms with Crippen molar-refractivity contribution >= 4 is 11.8 Å². The quantitative estimate of drug-likeness (QED) is 0.467. The Morgan fingerprint density at radius 3 is 2.71 bits per heavy atom. The molecule has 0 unspecified atom stereocenters. The van der Waals surface area contributed by atoms with E-state index in [1.165, 1.54) is 42.8 Å². The Morgan fingerprint density at radius 2 is 2.00 bits per heavy atom. The van der Waals surface area contributed by atoms with Gasteiger partial charge in [-0.3, -0.25) is 0 Å². The van der Waals surface area contributed by atoms with Gasteiger partial charge in [-0.05, 0) is 24.3 Å². The highest BCUT2D eigenvalue weighted by atomic mass is 32.2. The van der Waals surface area contributed by atoms with Gasteiger partial charge in [0, 0.05) is 4.90 Å². The summed E-state index contributed by atoms with van der Waals surface area (Å²) in [7, 11) is 0. The largest absolute Gasteiger partial charge is 0.126 e. The van der Waals surface area contributed by atoms with Crippen molar-refractivity contribution in [3.63, 3.8) is 0 Å². The molecule has 1 rings (SSSR count). The first-order valence-electron chi connectivity index (χ1n) is 5.53. The van der Waals surface area contributed by atoms with Gasteiger partial charge in [0.05, 0.1) is 0 Å². The van der Waals surface area contributed by atoms with Crippen LogP contribution in [0.3, 0.4) is 0 Å². The Morgan fingerprint density at radius 1 is 1.14 bits per heavy atom. The second-order valence-electron chi connectivity index (χ2n) is 3.49. The Kier molecular flexibility index (Phi) is 6.59. The van der Waals surface area contributed by atoms with E-state index in [1.54, 1.807) is 0 Å². The molecule has 0 saturated heterocycles. The minimum atomic E-state index is 1.24. The summed E-state index contributed by atoms with van der Waals surface area (Å²) in [6.07, 6.45) is 6.85. The van der Waals surface area contributed by atoms with Gasteiger partial charge in [-0.1, -0.05) is 50.8 Å². The van der Waals surface area contributed by atoms with E-state index in [9.17, 15) is 0 Å². The maximum absolute atomic E-state index is 3.23. The molecule has 1 aromatic rings. The summed E-state index contributed by atoms with van der Waals surface area (Å²) in [5.74, 6) is 1.24. The smallest absolute Gasteiger partial charge is 0.0151 e. The van der Waals surface area contributed by atoms with E-state index in [4.69, 9.17) is 0 Å². The van der Waals surface area contributed by atoms with E-state index in [2.05, 4.69) is 25.1 Å². The van der Waals surface area contributed by atoms with Gasteiger partial charge in [0.25, 0.3) is 0 Å². The maximum Gasteiger partial charge on any atom is 0.0151 e. The van der Waals surface area contributed by atoms with E-state index < -0.39 is 0 Å². The lowest BCUT2D eigenvalue weighted by molar-refractivity contribution is 0.659. The molecule has 0 aliphatic heterocycles. The Labute approximate surface area is 92.1 Å². The summed E-state index contributed by atoms with van der Waals surface area (Å²) in [6.45, 7) is 2.26. The van der Waals surface area contributed by atoms with Crippen LogP contribution in [0.2, 0.25) is 0 Å². The van der Waals surface area contributed by atoms with Crippen molar-refractivity contribution in [2.24, 2.45) is 0 Å². The molecule has 77 valence electrons. The highest BCUT2D eigenvalue weighted by Gasteiger charge is 1.93. The summed E-state index contributed by atoms with van der Waals surface area (Å²) in [6, 6.07) is 11.5. The fraction of sp³-hybridized carbons (Fsp3) is 0.538. The van der Waals surface area contributed by atoms with E-state index >= 15 is 0 Å². The topological polar surface area (TPSA) is 0 Å². The van der Waals surface area contributed by atoms with Crippen LogP contribution in [0.15, 0.2) is 29.2 Å². The molecule has 1 heteroatoms. The average molecular weight is 207 g/mol. The van der Waals surface area contributed by atoms with Crippen molar-refractivity contribution in [3.05, 3.63) is 30.3 Å². The van der Waals surface area contributed by atoms with Crippen molar-refractivity contribution in [1.82, 2.24) is 0 Å². The van der Waals surface area contributed by atoms with Crippen LogP contribution >= 0.6 is 11.8 Å². The van der Waals surface area contributed by atoms with Crippen molar-refractivity contribution < 1.29 is 0 Å². The number of hydrogen-bond donors (Lipinski definition) is 0. The molecule has 0 nitrogen and oxygen atoms in total. The molecule has 0 saturated carbocycles. The highest BCUT2D eigenvalue weighted by Crippen LogP contribution is 2.18. The van der Waals surface area contributed by atoms with Crippen LogP contribution in [0.25, 0.3) is 0 Å². The van der Waals surface area contributed by atoms with Crippen molar-refractivity contribution in [2.75, 3.05) is 5.75 Å². The average Bonchev–Trinajstić information content (AvgIpc) is 2.25. The van der Waals surface area contributed by atoms with E-state index in [0.29, 0.717) is 0 Å². The third kappa shape index (κ3) is 5.33. The number of unbranched alkanes of at least 4 members (excludes halogenated alkanes) is 4. The zero-order valence-electron chi connectivity index (χ0n) is 8.96. The van der Waals surface area contributed by atoms with E-state index in [1.807, 2.05) is 23.9 Å². The van der Waals surface area contributed by atoms with Gasteiger partial charge in [-0.25, -0.2) is 0 Å². The molecular weight excluding hydrogens is 188 g/mol. The van der Waals surface area contributed by atoms with Gasteiger partial charge in [0.1, 0.15) is 0 Å². The van der Waals surface area contributed by atoms with Gasteiger partial charge in [-0.2, -0.15) is 0 Å². The molecule has 1 aromatic carbocycles. The summed E-state index contributed by atoms with van der Waals surface area (Å²) >= 11 is 1.92. The first-order chi connectivity index (χ1) is 6.93. The Balaban J connectivity index is 1.99. The number of hydrogen-bond acceptors (Lipinski definition) is 1. The third-order valence-electron chi connectivity index (χ3n) is 2.19. The molecule has 0 atom stereocenters. The van der Waals surface area contributed by atoms with Gasteiger partial charge in [0.2, 0.25) is 0 Å². The zero-order chi connectivity index (χ0) is 10.1. The number of rotatable bonds is 7. The van der Waals surface area contributed by atoms with Crippen molar-refractivity contribution in [3.8, 4) is 0 Å². The summed E-state index contributed by atoms with van der Waals surface area (Å²) < 4.78 is 0. The lowest BCUT2D eigenvalue weighted by Gasteiger charge is -2.00. The third-order valence-corrected chi connectivity index (χ3v) is 3.24. The molecule has 0 N–H and O–H groups in total. The molecule has 0 heterocycles. The Hall–Kier alpha value is -0.430. The monoisotopic (exact) mass is 207 g/mol. The van der Waals surface area contributed by atoms with Crippen molar-refractivity contribution in [2.45, 2.75) is 43.9 Å². The van der Waals surface area contributed by atoms with E-state index in [0.717, 1.165) is 0 Å². The molecule has 0 aliphatic rings. The molecule has 1 radical (unpaired) electrons. The molecule has 0 aromatic heterocycles. The normalized spacial score (nSPS) is 10.4. The summed E-state index contributed by atoms with van der Waals surface area (Å²) in [5, 5.41) is 0. The minimum Gasteiger partial charge on any atom is -0.126 e. The summed E-state index contributed by atoms with van der Waals surface area (Å²) in [5.41, 5.74) is 0. The van der Waals surface area contributed by atoms with Crippen LogP contribution in [-0.4, -0.2) is 5.75 Å². The molecule has 0 fully saturated rings. The van der Waals surface area contributed by atoms with Crippen LogP contribution < -0.4 is 0 Å². The molecule has 0 aliphatic carbocycles. The second-order valence-corrected chi connectivity index (χ2v) is 4.63. The molecule has 0 amide bonds. The maximum atomic E-state index is 3.23. The molecule has 0 spiro atoms. The van der Waals surface area contributed by atoms with Crippen LogP contribution in [0.4, 0.5) is 0 Å². The molecular formula is C13H19S. The SMILES string of the molecule is CCCCCCCSc1[c]cccc1. The van der Waals surface area contributed by atoms with Crippen molar-refractivity contribution in [1.29, 1.82) is 0 Å². The molecule has 14 heavy (non-hydrogen) atoms. The van der Waals surface area contributed by atoms with Crippen LogP contribution in [0.1, 0.15) is 39.0 Å². The van der Waals surface area contributed by atoms with Gasteiger partial charge < -0.3 is 0 Å². The fourth-order valence-corrected chi connectivity index (χ4v) is 2.25. The van der Waals surface area contributed by atoms with E-state index in [-0.39, 0.29) is 0 Å². The lowest BCUT2D eigenvalue weighted by atomic mass is 10.2. The van der Waals surface area contributed by atoms with Gasteiger partial charge in [0.15, 0.2) is 0 Å². The van der Waals surface area contributed by atoms with Gasteiger partial charge >= 0.3 is 0 Å². The predicted molar refractivity (Wildman–Crippen MR) is 64.8 cm³/mol. The van der Waals surface area contributed by atoms with Crippen LogP contribution in [0.5, 0.6) is 0 Å². The molecule has 0 bridgehead atoms. The summed E-state index contributed by atoms with van der Waals surface area (Å²) in [4.78, 5) is 1.28. The lowest BCUT2D eigenvalue weighted by Crippen LogP contribution is -1.81. The number of thioether (sulfide) groups is 1. The fourth-order valence-electron chi connectivity index (χ4n) is 1.35. The van der Waals surface area contributed by atoms with Crippen LogP contribution in [-0.2, 0) is 0 Å². The highest BCUT2D eigenvalue weighted by molar-refractivity contribution is 7.99. The van der Waals surface area contributed by atoms with Gasteiger partial charge in [-0.15, -0.1) is 11.8 Å². The minimum absolute atomic E-state index is 1.24.